The predicted molar refractivity (Wildman–Crippen MR) is 86.9 cm³/mol. The number of hydrogen-bond acceptors (Lipinski definition) is 5. The molecule has 0 amide bonds. The summed E-state index contributed by atoms with van der Waals surface area (Å²) < 4.78 is 5.16. The number of nitrogens with one attached hydrogen (secondary N) is 1. The third-order valence-corrected chi connectivity index (χ3v) is 4.31. The van der Waals surface area contributed by atoms with Gasteiger partial charge in [-0.1, -0.05) is 6.07 Å². The van der Waals surface area contributed by atoms with Gasteiger partial charge in [0.1, 0.15) is 0 Å². The van der Waals surface area contributed by atoms with Gasteiger partial charge in [0.2, 0.25) is 0 Å². The SMILES string of the molecule is COCCN1CC2=C(C)N(CCc3ccccn3)CC=C2N1. The third kappa shape index (κ3) is 3.31. The first-order valence-electron chi connectivity index (χ1n) is 7.83. The van der Waals surface area contributed by atoms with Gasteiger partial charge in [-0.3, -0.25) is 4.98 Å². The van der Waals surface area contributed by atoms with Crippen molar-refractivity contribution in [3.63, 3.8) is 0 Å². The number of hydrogen-bond donors (Lipinski definition) is 1. The summed E-state index contributed by atoms with van der Waals surface area (Å²) in [6.07, 6.45) is 5.13. The molecule has 118 valence electrons. The van der Waals surface area contributed by atoms with E-state index in [1.165, 1.54) is 17.0 Å². The van der Waals surface area contributed by atoms with Crippen molar-refractivity contribution in [3.8, 4) is 0 Å². The Hall–Kier alpha value is -1.85. The second kappa shape index (κ2) is 6.94. The van der Waals surface area contributed by atoms with Gasteiger partial charge in [-0.05, 0) is 25.1 Å². The van der Waals surface area contributed by atoms with Gasteiger partial charge in [0.25, 0.3) is 0 Å². The van der Waals surface area contributed by atoms with Crippen LogP contribution < -0.4 is 5.43 Å². The Morgan fingerprint density at radius 1 is 1.32 bits per heavy atom. The number of pyridine rings is 1. The van der Waals surface area contributed by atoms with E-state index in [4.69, 9.17) is 4.74 Å². The molecule has 1 aromatic heterocycles. The van der Waals surface area contributed by atoms with Crippen molar-refractivity contribution in [3.05, 3.63) is 53.1 Å². The predicted octanol–water partition coefficient (Wildman–Crippen LogP) is 1.56. The van der Waals surface area contributed by atoms with Crippen LogP contribution in [-0.2, 0) is 11.2 Å². The molecule has 0 unspecified atom stereocenters. The highest BCUT2D eigenvalue weighted by atomic mass is 16.5. The summed E-state index contributed by atoms with van der Waals surface area (Å²) in [5, 5.41) is 2.22. The number of allylic oxidation sites excluding steroid dienone is 1. The second-order valence-corrected chi connectivity index (χ2v) is 5.73. The van der Waals surface area contributed by atoms with Crippen LogP contribution in [0.5, 0.6) is 0 Å². The maximum atomic E-state index is 5.16. The van der Waals surface area contributed by atoms with Gasteiger partial charge >= 0.3 is 0 Å². The monoisotopic (exact) mass is 300 g/mol. The second-order valence-electron chi connectivity index (χ2n) is 5.73. The first kappa shape index (κ1) is 15.1. The zero-order chi connectivity index (χ0) is 15.4. The lowest BCUT2D eigenvalue weighted by atomic mass is 10.1. The molecule has 1 fully saturated rings. The lowest BCUT2D eigenvalue weighted by Crippen LogP contribution is -2.33. The molecule has 0 spiro atoms. The van der Waals surface area contributed by atoms with Crippen molar-refractivity contribution in [2.75, 3.05) is 39.9 Å². The van der Waals surface area contributed by atoms with Crippen LogP contribution in [0.2, 0.25) is 0 Å². The zero-order valence-corrected chi connectivity index (χ0v) is 13.4. The average Bonchev–Trinajstić information content (AvgIpc) is 2.97. The Morgan fingerprint density at radius 3 is 3.00 bits per heavy atom. The standard InChI is InChI=1S/C17H24N4O/c1-14-16-13-21(11-12-22-2)19-17(16)7-10-20(14)9-6-15-5-3-4-8-18-15/h3-5,7-8,19H,6,9-13H2,1-2H3. The van der Waals surface area contributed by atoms with Gasteiger partial charge in [-0.15, -0.1) is 0 Å². The molecule has 5 nitrogen and oxygen atoms in total. The minimum atomic E-state index is 0.746. The van der Waals surface area contributed by atoms with E-state index < -0.39 is 0 Å². The van der Waals surface area contributed by atoms with Gasteiger partial charge in [0.15, 0.2) is 0 Å². The molecule has 22 heavy (non-hydrogen) atoms. The summed E-state index contributed by atoms with van der Waals surface area (Å²) in [6.45, 7) is 6.79. The van der Waals surface area contributed by atoms with Crippen molar-refractivity contribution in [1.82, 2.24) is 20.3 Å². The molecule has 3 heterocycles. The summed E-state index contributed by atoms with van der Waals surface area (Å²) in [6, 6.07) is 6.11. The molecule has 0 bridgehead atoms. The van der Waals surface area contributed by atoms with Gasteiger partial charge in [0, 0.05) is 62.9 Å². The summed E-state index contributed by atoms with van der Waals surface area (Å²) in [5.41, 5.74) is 8.67. The molecule has 2 aliphatic heterocycles. The van der Waals surface area contributed by atoms with E-state index in [9.17, 15) is 0 Å². The summed E-state index contributed by atoms with van der Waals surface area (Å²) >= 11 is 0. The first-order valence-corrected chi connectivity index (χ1v) is 7.83. The maximum absolute atomic E-state index is 5.16. The Kier molecular flexibility index (Phi) is 4.75. The summed E-state index contributed by atoms with van der Waals surface area (Å²) in [7, 11) is 1.74. The van der Waals surface area contributed by atoms with Crippen molar-refractivity contribution in [2.24, 2.45) is 0 Å². The number of fused-ring (bicyclic) bond motifs is 1. The Labute approximate surface area is 132 Å². The topological polar surface area (TPSA) is 40.6 Å². The molecule has 3 rings (SSSR count). The fourth-order valence-electron chi connectivity index (χ4n) is 2.95. The van der Waals surface area contributed by atoms with Crippen molar-refractivity contribution in [1.29, 1.82) is 0 Å². The van der Waals surface area contributed by atoms with Crippen LogP contribution in [0.15, 0.2) is 47.4 Å². The Morgan fingerprint density at radius 2 is 2.23 bits per heavy atom. The molecule has 0 aromatic carbocycles. The van der Waals surface area contributed by atoms with E-state index in [1.54, 1.807) is 7.11 Å². The molecule has 0 aliphatic carbocycles. The minimum absolute atomic E-state index is 0.746. The quantitative estimate of drug-likeness (QED) is 0.863. The highest BCUT2D eigenvalue weighted by molar-refractivity contribution is 5.40. The number of nitrogens with zero attached hydrogens (tertiary/aromatic N) is 3. The smallest absolute Gasteiger partial charge is 0.0608 e. The number of rotatable bonds is 6. The van der Waals surface area contributed by atoms with Gasteiger partial charge in [-0.25, -0.2) is 5.01 Å². The van der Waals surface area contributed by atoms with E-state index in [2.05, 4.69) is 45.5 Å². The molecule has 1 aromatic rings. The maximum Gasteiger partial charge on any atom is 0.0608 e. The van der Waals surface area contributed by atoms with E-state index in [1.807, 2.05) is 12.3 Å². The molecule has 1 saturated heterocycles. The molecule has 1 N–H and O–H groups in total. The number of aromatic nitrogens is 1. The van der Waals surface area contributed by atoms with E-state index in [0.717, 1.165) is 44.9 Å². The van der Waals surface area contributed by atoms with Crippen LogP contribution in [0.4, 0.5) is 0 Å². The van der Waals surface area contributed by atoms with Crippen molar-refractivity contribution >= 4 is 0 Å². The number of methoxy groups -OCH3 is 1. The van der Waals surface area contributed by atoms with Crippen LogP contribution in [0.3, 0.4) is 0 Å². The minimum Gasteiger partial charge on any atom is -0.383 e. The average molecular weight is 300 g/mol. The van der Waals surface area contributed by atoms with Crippen molar-refractivity contribution < 1.29 is 4.74 Å². The molecule has 0 saturated carbocycles. The molecule has 0 atom stereocenters. The van der Waals surface area contributed by atoms with Crippen LogP contribution in [0.1, 0.15) is 12.6 Å². The van der Waals surface area contributed by atoms with Crippen LogP contribution in [0.25, 0.3) is 0 Å². The fourth-order valence-corrected chi connectivity index (χ4v) is 2.95. The molecule has 5 heteroatoms. The molecule has 2 aliphatic rings. The van der Waals surface area contributed by atoms with Gasteiger partial charge in [0.05, 0.1) is 12.3 Å². The van der Waals surface area contributed by atoms with Crippen LogP contribution in [0, 0.1) is 0 Å². The highest BCUT2D eigenvalue weighted by Gasteiger charge is 2.27. The molecule has 0 radical (unpaired) electrons. The van der Waals surface area contributed by atoms with Crippen molar-refractivity contribution in [2.45, 2.75) is 13.3 Å². The van der Waals surface area contributed by atoms with Gasteiger partial charge < -0.3 is 15.1 Å². The van der Waals surface area contributed by atoms with E-state index in [-0.39, 0.29) is 0 Å². The number of hydrazine groups is 1. The van der Waals surface area contributed by atoms with E-state index >= 15 is 0 Å². The molecular weight excluding hydrogens is 276 g/mol. The third-order valence-electron chi connectivity index (χ3n) is 4.31. The number of ether oxygens (including phenoxy) is 1. The first-order chi connectivity index (χ1) is 10.8. The molecular formula is C17H24N4O. The van der Waals surface area contributed by atoms with Crippen LogP contribution in [-0.4, -0.2) is 54.8 Å². The Bertz CT molecular complexity index is 567. The van der Waals surface area contributed by atoms with E-state index in [0.29, 0.717) is 0 Å². The largest absolute Gasteiger partial charge is 0.383 e. The normalized spacial score (nSPS) is 18.3. The summed E-state index contributed by atoms with van der Waals surface area (Å²) in [4.78, 5) is 6.85. The zero-order valence-electron chi connectivity index (χ0n) is 13.4. The highest BCUT2D eigenvalue weighted by Crippen LogP contribution is 2.26. The van der Waals surface area contributed by atoms with Crippen LogP contribution >= 0.6 is 0 Å². The lowest BCUT2D eigenvalue weighted by Gasteiger charge is -2.29. The fraction of sp³-hybridized carbons (Fsp3) is 0.471. The Balaban J connectivity index is 1.61. The summed E-state index contributed by atoms with van der Waals surface area (Å²) in [5.74, 6) is 0. The van der Waals surface area contributed by atoms with Gasteiger partial charge in [-0.2, -0.15) is 0 Å². The lowest BCUT2D eigenvalue weighted by molar-refractivity contribution is 0.143.